The highest BCUT2D eigenvalue weighted by Crippen LogP contribution is 2.17. The summed E-state index contributed by atoms with van der Waals surface area (Å²) in [6.45, 7) is 4.88. The molecule has 2 atom stereocenters. The van der Waals surface area contributed by atoms with E-state index in [9.17, 15) is 19.8 Å². The number of unbranched alkanes of at least 4 members (excludes halogenated alkanes) is 42. The molecule has 406 valence electrons. The van der Waals surface area contributed by atoms with Crippen molar-refractivity contribution >= 4 is 11.9 Å². The van der Waals surface area contributed by atoms with Gasteiger partial charge in [-0.25, -0.2) is 0 Å². The maximum absolute atomic E-state index is 12.5. The average molecular weight is 971 g/mol. The highest BCUT2D eigenvalue weighted by atomic mass is 16.5. The molecule has 0 spiro atoms. The van der Waals surface area contributed by atoms with Crippen molar-refractivity contribution in [3.63, 3.8) is 0 Å². The zero-order chi connectivity index (χ0) is 50.0. The fourth-order valence-electron chi connectivity index (χ4n) is 9.43. The normalized spacial score (nSPS) is 12.8. The molecule has 0 aromatic rings. The van der Waals surface area contributed by atoms with Crippen molar-refractivity contribution in [3.05, 3.63) is 36.5 Å². The smallest absolute Gasteiger partial charge is 0.305 e. The van der Waals surface area contributed by atoms with Gasteiger partial charge in [-0.1, -0.05) is 288 Å². The van der Waals surface area contributed by atoms with Crippen LogP contribution in [0.1, 0.15) is 328 Å². The van der Waals surface area contributed by atoms with Gasteiger partial charge in [0, 0.05) is 12.8 Å². The molecule has 6 heteroatoms. The van der Waals surface area contributed by atoms with Crippen molar-refractivity contribution in [2.45, 2.75) is 341 Å². The van der Waals surface area contributed by atoms with E-state index < -0.39 is 12.1 Å². The van der Waals surface area contributed by atoms with Gasteiger partial charge in [0.1, 0.15) is 0 Å². The molecule has 0 radical (unpaired) electrons. The van der Waals surface area contributed by atoms with Crippen LogP contribution in [-0.4, -0.2) is 47.4 Å². The van der Waals surface area contributed by atoms with E-state index in [1.165, 1.54) is 250 Å². The molecule has 0 aromatic carbocycles. The number of carbonyl (C=O) groups is 2. The highest BCUT2D eigenvalue weighted by Gasteiger charge is 2.18. The second-order valence-corrected chi connectivity index (χ2v) is 21.0. The minimum atomic E-state index is -0.849. The van der Waals surface area contributed by atoms with E-state index in [2.05, 4.69) is 43.5 Å². The maximum Gasteiger partial charge on any atom is 0.305 e. The number of nitrogens with one attached hydrogen (secondary N) is 1. The maximum atomic E-state index is 12.5. The van der Waals surface area contributed by atoms with Crippen LogP contribution in [0.25, 0.3) is 0 Å². The number of aliphatic hydroxyl groups excluding tert-OH is 2. The lowest BCUT2D eigenvalue weighted by molar-refractivity contribution is -0.143. The molecule has 0 aliphatic heterocycles. The van der Waals surface area contributed by atoms with E-state index >= 15 is 0 Å². The third kappa shape index (κ3) is 55.2. The molecule has 0 bridgehead atoms. The number of allylic oxidation sites excluding steroid dienone is 5. The molecule has 2 unspecified atom stereocenters. The number of rotatable bonds is 57. The van der Waals surface area contributed by atoms with Gasteiger partial charge < -0.3 is 20.3 Å². The zero-order valence-electron chi connectivity index (χ0n) is 46.3. The van der Waals surface area contributed by atoms with Crippen LogP contribution in [0.3, 0.4) is 0 Å². The Labute approximate surface area is 430 Å². The van der Waals surface area contributed by atoms with Gasteiger partial charge >= 0.3 is 5.97 Å². The predicted molar refractivity (Wildman–Crippen MR) is 301 cm³/mol. The first-order valence-electron chi connectivity index (χ1n) is 30.8. The zero-order valence-corrected chi connectivity index (χ0v) is 46.3. The van der Waals surface area contributed by atoms with Crippen molar-refractivity contribution in [1.29, 1.82) is 0 Å². The molecule has 6 nitrogen and oxygen atoms in total. The standard InChI is InChI=1S/C63H119NO5/c1-3-5-7-9-11-13-15-17-19-21-22-25-29-33-37-41-45-49-53-57-63(68)69-58-54-50-46-42-38-34-30-26-23-24-28-32-36-40-44-48-52-56-62(67)64-60(59-65)61(66)55-51-47-43-39-35-31-27-20-18-16-14-12-10-8-6-4-2/h11,13,17,19,51,55,60-61,65-66H,3-10,12,14-16,18,20-50,52-54,56-59H2,1-2H3,(H,64,67)/b13-11-,19-17-,55-51+. The molecule has 0 fully saturated rings. The van der Waals surface area contributed by atoms with Crippen LogP contribution in [0.15, 0.2) is 36.5 Å². The van der Waals surface area contributed by atoms with E-state index in [0.717, 1.165) is 51.4 Å². The van der Waals surface area contributed by atoms with E-state index in [4.69, 9.17) is 4.74 Å². The summed E-state index contributed by atoms with van der Waals surface area (Å²) in [4.78, 5) is 24.6. The van der Waals surface area contributed by atoms with Gasteiger partial charge in [-0.05, 0) is 64.2 Å². The average Bonchev–Trinajstić information content (AvgIpc) is 3.35. The van der Waals surface area contributed by atoms with Crippen molar-refractivity contribution in [1.82, 2.24) is 5.32 Å². The Morgan fingerprint density at radius 2 is 0.725 bits per heavy atom. The van der Waals surface area contributed by atoms with Crippen molar-refractivity contribution in [3.8, 4) is 0 Å². The monoisotopic (exact) mass is 970 g/mol. The van der Waals surface area contributed by atoms with E-state index in [0.29, 0.717) is 19.4 Å². The highest BCUT2D eigenvalue weighted by molar-refractivity contribution is 5.76. The summed E-state index contributed by atoms with van der Waals surface area (Å²) in [5.41, 5.74) is 0. The summed E-state index contributed by atoms with van der Waals surface area (Å²) in [5.74, 6) is -0.0711. The first kappa shape index (κ1) is 67.1. The summed E-state index contributed by atoms with van der Waals surface area (Å²) < 4.78 is 5.49. The Morgan fingerprint density at radius 3 is 1.13 bits per heavy atom. The number of ether oxygens (including phenoxy) is 1. The van der Waals surface area contributed by atoms with E-state index in [1.807, 2.05) is 6.08 Å². The van der Waals surface area contributed by atoms with Gasteiger partial charge in [-0.3, -0.25) is 9.59 Å². The Morgan fingerprint density at radius 1 is 0.406 bits per heavy atom. The molecule has 0 saturated heterocycles. The minimum absolute atomic E-state index is 0.000838. The number of aliphatic hydroxyl groups is 2. The summed E-state index contributed by atoms with van der Waals surface area (Å²) in [6.07, 6.45) is 73.1. The quantitative estimate of drug-likeness (QED) is 0.0321. The number of carbonyl (C=O) groups excluding carboxylic acids is 2. The fourth-order valence-corrected chi connectivity index (χ4v) is 9.43. The van der Waals surface area contributed by atoms with Gasteiger partial charge in [-0.15, -0.1) is 0 Å². The van der Waals surface area contributed by atoms with Crippen LogP contribution in [0.2, 0.25) is 0 Å². The fraction of sp³-hybridized carbons (Fsp3) is 0.873. The molecular formula is C63H119NO5. The summed E-state index contributed by atoms with van der Waals surface area (Å²) >= 11 is 0. The molecule has 0 rings (SSSR count). The molecule has 0 saturated carbocycles. The predicted octanol–water partition coefficient (Wildman–Crippen LogP) is 19.2. The van der Waals surface area contributed by atoms with Crippen molar-refractivity contribution < 1.29 is 24.5 Å². The Bertz CT molecular complexity index is 1120. The van der Waals surface area contributed by atoms with Gasteiger partial charge in [0.25, 0.3) is 0 Å². The lowest BCUT2D eigenvalue weighted by Gasteiger charge is -2.20. The van der Waals surface area contributed by atoms with Crippen LogP contribution in [0, 0.1) is 0 Å². The van der Waals surface area contributed by atoms with E-state index in [-0.39, 0.29) is 18.5 Å². The molecule has 69 heavy (non-hydrogen) atoms. The number of hydrogen-bond donors (Lipinski definition) is 3. The third-order valence-corrected chi connectivity index (χ3v) is 14.2. The Kier molecular flexibility index (Phi) is 57.0. The van der Waals surface area contributed by atoms with Crippen LogP contribution in [0.4, 0.5) is 0 Å². The SMILES string of the molecule is CCCCC/C=C\C/C=C\CCCCCCCCCCCC(=O)OCCCCCCCCCCCCCCCCCCCC(=O)NC(CO)C(O)/C=C/CCCCCCCCCCCCCCCC. The number of amides is 1. The number of hydrogen-bond acceptors (Lipinski definition) is 5. The molecule has 0 aliphatic carbocycles. The Hall–Kier alpha value is -1.92. The Balaban J connectivity index is 3.43. The molecule has 0 aliphatic rings. The first-order valence-corrected chi connectivity index (χ1v) is 30.8. The van der Waals surface area contributed by atoms with Gasteiger partial charge in [0.05, 0.1) is 25.4 Å². The summed E-state index contributed by atoms with van der Waals surface area (Å²) in [5, 5.41) is 23.1. The van der Waals surface area contributed by atoms with E-state index in [1.54, 1.807) is 6.08 Å². The topological polar surface area (TPSA) is 95.9 Å². The van der Waals surface area contributed by atoms with Crippen LogP contribution < -0.4 is 5.32 Å². The molecule has 1 amide bonds. The number of esters is 1. The van der Waals surface area contributed by atoms with Crippen molar-refractivity contribution in [2.75, 3.05) is 13.2 Å². The molecular weight excluding hydrogens is 851 g/mol. The van der Waals surface area contributed by atoms with Crippen LogP contribution in [0.5, 0.6) is 0 Å². The lowest BCUT2D eigenvalue weighted by atomic mass is 10.0. The molecule has 0 aromatic heterocycles. The van der Waals surface area contributed by atoms with Crippen LogP contribution in [-0.2, 0) is 14.3 Å². The minimum Gasteiger partial charge on any atom is -0.466 e. The third-order valence-electron chi connectivity index (χ3n) is 14.2. The van der Waals surface area contributed by atoms with Crippen molar-refractivity contribution in [2.24, 2.45) is 0 Å². The summed E-state index contributed by atoms with van der Waals surface area (Å²) in [7, 11) is 0. The molecule has 0 heterocycles. The van der Waals surface area contributed by atoms with Gasteiger partial charge in [0.2, 0.25) is 5.91 Å². The molecule has 3 N–H and O–H groups in total. The first-order chi connectivity index (χ1) is 34.0. The second kappa shape index (κ2) is 58.6. The lowest BCUT2D eigenvalue weighted by Crippen LogP contribution is -2.45. The second-order valence-electron chi connectivity index (χ2n) is 21.0. The largest absolute Gasteiger partial charge is 0.466 e. The van der Waals surface area contributed by atoms with Gasteiger partial charge in [0.15, 0.2) is 0 Å². The van der Waals surface area contributed by atoms with Crippen LogP contribution >= 0.6 is 0 Å². The summed E-state index contributed by atoms with van der Waals surface area (Å²) in [6, 6.07) is -0.632. The van der Waals surface area contributed by atoms with Gasteiger partial charge in [-0.2, -0.15) is 0 Å².